The summed E-state index contributed by atoms with van der Waals surface area (Å²) in [6.45, 7) is 0. The highest BCUT2D eigenvalue weighted by molar-refractivity contribution is 7.17. The third kappa shape index (κ3) is 4.14. The number of hydrogen-bond acceptors (Lipinski definition) is 4. The van der Waals surface area contributed by atoms with Crippen molar-refractivity contribution in [2.45, 2.75) is 6.18 Å². The molecule has 0 aliphatic carbocycles. The number of rotatable bonds is 4. The first-order valence-corrected chi connectivity index (χ1v) is 8.42. The summed E-state index contributed by atoms with van der Waals surface area (Å²) in [7, 11) is 0. The second-order valence-electron chi connectivity index (χ2n) is 5.46. The van der Waals surface area contributed by atoms with Crippen molar-refractivity contribution in [3.05, 3.63) is 70.7 Å². The van der Waals surface area contributed by atoms with Gasteiger partial charge in [-0.25, -0.2) is 4.98 Å². The van der Waals surface area contributed by atoms with E-state index in [4.69, 9.17) is 5.73 Å². The second-order valence-corrected chi connectivity index (χ2v) is 6.46. The molecule has 0 bridgehead atoms. The SMILES string of the molecule is NC(=O)c1ccc(NC(=O)c2sc(-c3ccccc3)nc2C(F)(F)F)cc1. The van der Waals surface area contributed by atoms with Crippen molar-refractivity contribution < 1.29 is 22.8 Å². The standard InChI is InChI=1S/C18H12F3N3O2S/c19-18(20,21)14-13(27-17(24-14)11-4-2-1-3-5-11)16(26)23-12-8-6-10(7-9-12)15(22)25/h1-9H,(H2,22,25)(H,23,26). The van der Waals surface area contributed by atoms with Crippen LogP contribution >= 0.6 is 11.3 Å². The van der Waals surface area contributed by atoms with Crippen LogP contribution in [0.4, 0.5) is 18.9 Å². The van der Waals surface area contributed by atoms with E-state index in [1.54, 1.807) is 30.3 Å². The summed E-state index contributed by atoms with van der Waals surface area (Å²) in [4.78, 5) is 26.5. The number of primary amides is 1. The Morgan fingerprint density at radius 3 is 2.19 bits per heavy atom. The van der Waals surface area contributed by atoms with Gasteiger partial charge in [0.1, 0.15) is 9.88 Å². The Kier molecular flexibility index (Phi) is 4.95. The van der Waals surface area contributed by atoms with Gasteiger partial charge in [-0.2, -0.15) is 13.2 Å². The first-order chi connectivity index (χ1) is 12.8. The molecule has 3 aromatic rings. The zero-order valence-electron chi connectivity index (χ0n) is 13.6. The van der Waals surface area contributed by atoms with E-state index in [-0.39, 0.29) is 16.3 Å². The van der Waals surface area contributed by atoms with Crippen LogP contribution in [-0.2, 0) is 6.18 Å². The highest BCUT2D eigenvalue weighted by Gasteiger charge is 2.39. The molecule has 27 heavy (non-hydrogen) atoms. The lowest BCUT2D eigenvalue weighted by Crippen LogP contribution is -2.17. The van der Waals surface area contributed by atoms with E-state index in [0.717, 1.165) is 0 Å². The number of thiazole rings is 1. The number of carbonyl (C=O) groups is 2. The fourth-order valence-corrected chi connectivity index (χ4v) is 3.26. The van der Waals surface area contributed by atoms with Gasteiger partial charge >= 0.3 is 6.18 Å². The fraction of sp³-hybridized carbons (Fsp3) is 0.0556. The Hall–Kier alpha value is -3.20. The lowest BCUT2D eigenvalue weighted by atomic mass is 10.2. The van der Waals surface area contributed by atoms with Crippen molar-refractivity contribution in [1.29, 1.82) is 0 Å². The highest BCUT2D eigenvalue weighted by Crippen LogP contribution is 2.38. The molecule has 3 N–H and O–H groups in total. The Bertz CT molecular complexity index is 983. The smallest absolute Gasteiger partial charge is 0.366 e. The van der Waals surface area contributed by atoms with Crippen LogP contribution in [0, 0.1) is 0 Å². The minimum Gasteiger partial charge on any atom is -0.366 e. The molecule has 0 saturated carbocycles. The minimum absolute atomic E-state index is 0.0946. The summed E-state index contributed by atoms with van der Waals surface area (Å²) in [5.41, 5.74) is 4.82. The van der Waals surface area contributed by atoms with Gasteiger partial charge in [-0.3, -0.25) is 9.59 Å². The van der Waals surface area contributed by atoms with E-state index < -0.39 is 28.6 Å². The number of aromatic nitrogens is 1. The van der Waals surface area contributed by atoms with Crippen LogP contribution in [0.2, 0.25) is 0 Å². The summed E-state index contributed by atoms with van der Waals surface area (Å²) in [6, 6.07) is 13.8. The van der Waals surface area contributed by atoms with Crippen molar-refractivity contribution in [1.82, 2.24) is 4.98 Å². The molecule has 2 aromatic carbocycles. The summed E-state index contributed by atoms with van der Waals surface area (Å²) < 4.78 is 40.0. The monoisotopic (exact) mass is 391 g/mol. The lowest BCUT2D eigenvalue weighted by molar-refractivity contribution is -0.141. The highest BCUT2D eigenvalue weighted by atomic mass is 32.1. The van der Waals surface area contributed by atoms with E-state index in [0.29, 0.717) is 16.9 Å². The normalized spacial score (nSPS) is 11.2. The molecule has 1 aromatic heterocycles. The zero-order chi connectivity index (χ0) is 19.6. The molecular weight excluding hydrogens is 379 g/mol. The summed E-state index contributed by atoms with van der Waals surface area (Å²) >= 11 is 0.658. The number of hydrogen-bond donors (Lipinski definition) is 2. The van der Waals surface area contributed by atoms with Crippen molar-refractivity contribution >= 4 is 28.8 Å². The molecule has 0 aliphatic heterocycles. The molecule has 1 heterocycles. The molecule has 5 nitrogen and oxygen atoms in total. The predicted molar refractivity (Wildman–Crippen MR) is 95.5 cm³/mol. The van der Waals surface area contributed by atoms with Gasteiger partial charge in [0.15, 0.2) is 5.69 Å². The Morgan fingerprint density at radius 1 is 1.00 bits per heavy atom. The van der Waals surface area contributed by atoms with Gasteiger partial charge in [0, 0.05) is 16.8 Å². The first-order valence-electron chi connectivity index (χ1n) is 7.60. The van der Waals surface area contributed by atoms with Crippen LogP contribution in [-0.4, -0.2) is 16.8 Å². The van der Waals surface area contributed by atoms with E-state index >= 15 is 0 Å². The van der Waals surface area contributed by atoms with Gasteiger partial charge in [0.2, 0.25) is 5.91 Å². The minimum atomic E-state index is -4.77. The summed E-state index contributed by atoms with van der Waals surface area (Å²) in [5, 5.41) is 2.48. The molecule has 0 saturated heterocycles. The molecule has 0 aliphatic rings. The molecule has 0 unspecified atom stereocenters. The zero-order valence-corrected chi connectivity index (χ0v) is 14.4. The largest absolute Gasteiger partial charge is 0.435 e. The number of nitrogens with zero attached hydrogens (tertiary/aromatic N) is 1. The van der Waals surface area contributed by atoms with Crippen LogP contribution in [0.25, 0.3) is 10.6 Å². The predicted octanol–water partition coefficient (Wildman–Crippen LogP) is 4.18. The van der Waals surface area contributed by atoms with E-state index in [2.05, 4.69) is 10.3 Å². The molecule has 2 amide bonds. The van der Waals surface area contributed by atoms with Gasteiger partial charge in [0.25, 0.3) is 5.91 Å². The fourth-order valence-electron chi connectivity index (χ4n) is 2.28. The topological polar surface area (TPSA) is 85.1 Å². The average molecular weight is 391 g/mol. The number of benzene rings is 2. The van der Waals surface area contributed by atoms with Crippen LogP contribution < -0.4 is 11.1 Å². The van der Waals surface area contributed by atoms with Crippen LogP contribution in [0.1, 0.15) is 25.7 Å². The van der Waals surface area contributed by atoms with E-state index in [1.165, 1.54) is 24.3 Å². The van der Waals surface area contributed by atoms with Crippen LogP contribution in [0.3, 0.4) is 0 Å². The molecule has 0 spiro atoms. The number of carbonyl (C=O) groups excluding carboxylic acids is 2. The van der Waals surface area contributed by atoms with Crippen LogP contribution in [0.5, 0.6) is 0 Å². The Balaban J connectivity index is 1.93. The molecule has 3 rings (SSSR count). The molecule has 9 heteroatoms. The van der Waals surface area contributed by atoms with Gasteiger partial charge < -0.3 is 11.1 Å². The van der Waals surface area contributed by atoms with Crippen molar-refractivity contribution in [3.8, 4) is 10.6 Å². The van der Waals surface area contributed by atoms with Gasteiger partial charge in [-0.05, 0) is 24.3 Å². The van der Waals surface area contributed by atoms with Crippen molar-refractivity contribution in [2.75, 3.05) is 5.32 Å². The number of amides is 2. The molecule has 0 radical (unpaired) electrons. The second kappa shape index (κ2) is 7.20. The number of halogens is 3. The Labute approximate surface area is 155 Å². The van der Waals surface area contributed by atoms with E-state index in [9.17, 15) is 22.8 Å². The maximum Gasteiger partial charge on any atom is 0.435 e. The maximum atomic E-state index is 13.3. The third-order valence-corrected chi connectivity index (χ3v) is 4.65. The summed E-state index contributed by atoms with van der Waals surface area (Å²) in [5.74, 6) is -1.59. The number of nitrogens with one attached hydrogen (secondary N) is 1. The van der Waals surface area contributed by atoms with Crippen LogP contribution in [0.15, 0.2) is 54.6 Å². The van der Waals surface area contributed by atoms with Crippen molar-refractivity contribution in [3.63, 3.8) is 0 Å². The molecule has 0 atom stereocenters. The number of nitrogens with two attached hydrogens (primary N) is 1. The number of anilines is 1. The van der Waals surface area contributed by atoms with Gasteiger partial charge in [0.05, 0.1) is 0 Å². The maximum absolute atomic E-state index is 13.3. The molecule has 0 fully saturated rings. The van der Waals surface area contributed by atoms with Crippen molar-refractivity contribution in [2.24, 2.45) is 5.73 Å². The Morgan fingerprint density at radius 2 is 1.63 bits per heavy atom. The quantitative estimate of drug-likeness (QED) is 0.700. The number of alkyl halides is 3. The average Bonchev–Trinajstić information content (AvgIpc) is 3.09. The first kappa shape index (κ1) is 18.6. The third-order valence-electron chi connectivity index (χ3n) is 3.55. The van der Waals surface area contributed by atoms with E-state index in [1.807, 2.05) is 0 Å². The summed E-state index contributed by atoms with van der Waals surface area (Å²) in [6.07, 6.45) is -4.77. The molecular formula is C18H12F3N3O2S. The molecule has 138 valence electrons. The van der Waals surface area contributed by atoms with Gasteiger partial charge in [-0.1, -0.05) is 30.3 Å². The lowest BCUT2D eigenvalue weighted by Gasteiger charge is -2.07. The van der Waals surface area contributed by atoms with Gasteiger partial charge in [-0.15, -0.1) is 11.3 Å².